The van der Waals surface area contributed by atoms with E-state index in [2.05, 4.69) is 5.32 Å². The molecule has 0 saturated carbocycles. The van der Waals surface area contributed by atoms with Crippen molar-refractivity contribution >= 4 is 6.09 Å². The van der Waals surface area contributed by atoms with E-state index in [0.29, 0.717) is 0 Å². The van der Waals surface area contributed by atoms with Crippen LogP contribution in [0.3, 0.4) is 0 Å². The highest BCUT2D eigenvalue weighted by atomic mass is 16.6. The summed E-state index contributed by atoms with van der Waals surface area (Å²) >= 11 is 0. The zero-order valence-corrected chi connectivity index (χ0v) is 8.64. The van der Waals surface area contributed by atoms with E-state index in [1.165, 1.54) is 0 Å². The molecule has 76 valence electrons. The molecular formula is C9H19N2O2+. The molecule has 0 aliphatic carbocycles. The molecule has 1 amide bonds. The number of rotatable bonds is 0. The Kier molecular flexibility index (Phi) is 3.27. The van der Waals surface area contributed by atoms with Crippen LogP contribution in [0.5, 0.6) is 0 Å². The summed E-state index contributed by atoms with van der Waals surface area (Å²) in [5, 5.41) is 3.20. The molecule has 1 aliphatic heterocycles. The molecule has 4 nitrogen and oxygen atoms in total. The molecule has 0 spiro atoms. The number of alkyl carbamates (subject to hydrolysis) is 2. The summed E-state index contributed by atoms with van der Waals surface area (Å²) in [6, 6.07) is 0. The first kappa shape index (κ1) is 10.5. The van der Waals surface area contributed by atoms with Gasteiger partial charge < -0.3 is 10.1 Å². The maximum Gasteiger partial charge on any atom is 0.514 e. The lowest BCUT2D eigenvalue weighted by Gasteiger charge is -2.25. The van der Waals surface area contributed by atoms with E-state index >= 15 is 0 Å². The van der Waals surface area contributed by atoms with Crippen molar-refractivity contribution in [1.82, 2.24) is 5.32 Å². The standard InChI is InChI=1S/C9H18N2O2/c1-9(2,3)13-8(12)11-6-4-10-5-7-11/h10H,4-7H2,1-3H3/p+1. The first-order chi connectivity index (χ1) is 5.99. The van der Waals surface area contributed by atoms with Gasteiger partial charge in [0.05, 0.1) is 13.1 Å². The third kappa shape index (κ3) is 3.74. The van der Waals surface area contributed by atoms with Crippen molar-refractivity contribution in [2.75, 3.05) is 26.2 Å². The number of amides is 1. The lowest BCUT2D eigenvalue weighted by Crippen LogP contribution is -3.17. The maximum absolute atomic E-state index is 11.5. The van der Waals surface area contributed by atoms with Crippen LogP contribution in [-0.2, 0) is 4.74 Å². The van der Waals surface area contributed by atoms with Gasteiger partial charge in [-0.2, -0.15) is 4.79 Å². The summed E-state index contributed by atoms with van der Waals surface area (Å²) in [5.74, 6) is 0. The average molecular weight is 187 g/mol. The molecule has 2 N–H and O–H groups in total. The lowest BCUT2D eigenvalue weighted by atomic mass is 10.2. The number of carbonyl (C=O) groups is 1. The first-order valence-electron chi connectivity index (χ1n) is 4.78. The van der Waals surface area contributed by atoms with Gasteiger partial charge in [0, 0.05) is 13.1 Å². The second-order valence-electron chi connectivity index (χ2n) is 4.36. The summed E-state index contributed by atoms with van der Waals surface area (Å²) in [6.07, 6.45) is -0.117. The van der Waals surface area contributed by atoms with Crippen LogP contribution >= 0.6 is 0 Å². The van der Waals surface area contributed by atoms with E-state index in [0.717, 1.165) is 31.1 Å². The van der Waals surface area contributed by atoms with Crippen LogP contribution in [0.4, 0.5) is 4.79 Å². The Morgan fingerprint density at radius 1 is 1.31 bits per heavy atom. The third-order valence-electron chi connectivity index (χ3n) is 1.89. The SMILES string of the molecule is CC(C)(C)OC(=O)[NH+]1CCNCC1. The van der Waals surface area contributed by atoms with Gasteiger partial charge in [0.1, 0.15) is 5.60 Å². The number of ether oxygens (including phenoxy) is 1. The second kappa shape index (κ2) is 4.07. The molecule has 4 heteroatoms. The van der Waals surface area contributed by atoms with Crippen LogP contribution in [0.2, 0.25) is 0 Å². The van der Waals surface area contributed by atoms with E-state index in [9.17, 15) is 4.79 Å². The van der Waals surface area contributed by atoms with Gasteiger partial charge in [-0.15, -0.1) is 0 Å². The number of nitrogens with one attached hydrogen (secondary N) is 2. The minimum Gasteiger partial charge on any atom is -0.414 e. The Morgan fingerprint density at radius 2 is 1.85 bits per heavy atom. The van der Waals surface area contributed by atoms with Crippen molar-refractivity contribution in [3.63, 3.8) is 0 Å². The van der Waals surface area contributed by atoms with E-state index in [-0.39, 0.29) is 11.7 Å². The molecule has 0 unspecified atom stereocenters. The highest BCUT2D eigenvalue weighted by molar-refractivity contribution is 5.57. The molecule has 0 bridgehead atoms. The predicted molar refractivity (Wildman–Crippen MR) is 49.8 cm³/mol. The third-order valence-corrected chi connectivity index (χ3v) is 1.89. The van der Waals surface area contributed by atoms with Crippen molar-refractivity contribution in [2.24, 2.45) is 0 Å². The zero-order valence-electron chi connectivity index (χ0n) is 8.64. The molecule has 0 aromatic rings. The average Bonchev–Trinajstić information content (AvgIpc) is 2.03. The Balaban J connectivity index is 2.38. The number of hydrogen-bond donors (Lipinski definition) is 2. The Hall–Kier alpha value is -0.610. The van der Waals surface area contributed by atoms with E-state index < -0.39 is 0 Å². The summed E-state index contributed by atoms with van der Waals surface area (Å²) in [5.41, 5.74) is -0.366. The van der Waals surface area contributed by atoms with E-state index in [1.807, 2.05) is 20.8 Å². The van der Waals surface area contributed by atoms with Gasteiger partial charge >= 0.3 is 6.09 Å². The van der Waals surface area contributed by atoms with Gasteiger partial charge in [-0.3, -0.25) is 0 Å². The summed E-state index contributed by atoms with van der Waals surface area (Å²) < 4.78 is 5.27. The number of hydrogen-bond acceptors (Lipinski definition) is 3. The lowest BCUT2D eigenvalue weighted by molar-refractivity contribution is -0.827. The Bertz CT molecular complexity index is 181. The van der Waals surface area contributed by atoms with Gasteiger partial charge in [-0.05, 0) is 20.8 Å². The van der Waals surface area contributed by atoms with Gasteiger partial charge in [-0.25, -0.2) is 4.90 Å². The molecule has 0 atom stereocenters. The smallest absolute Gasteiger partial charge is 0.414 e. The molecule has 1 heterocycles. The van der Waals surface area contributed by atoms with Gasteiger partial charge in [-0.1, -0.05) is 0 Å². The zero-order chi connectivity index (χ0) is 9.90. The van der Waals surface area contributed by atoms with Crippen LogP contribution < -0.4 is 10.2 Å². The van der Waals surface area contributed by atoms with Gasteiger partial charge in [0.25, 0.3) is 0 Å². The molecule has 0 radical (unpaired) electrons. The molecule has 0 aromatic heterocycles. The Labute approximate surface area is 79.2 Å². The molecule has 1 saturated heterocycles. The van der Waals surface area contributed by atoms with Crippen LogP contribution in [0.1, 0.15) is 20.8 Å². The summed E-state index contributed by atoms with van der Waals surface area (Å²) in [7, 11) is 0. The minimum atomic E-state index is -0.366. The molecule has 13 heavy (non-hydrogen) atoms. The fraction of sp³-hybridized carbons (Fsp3) is 0.889. The van der Waals surface area contributed by atoms with Crippen LogP contribution in [0, 0.1) is 0 Å². The predicted octanol–water partition coefficient (Wildman–Crippen LogP) is -0.590. The number of carbonyl (C=O) groups excluding carboxylic acids is 1. The minimum absolute atomic E-state index is 0.117. The van der Waals surface area contributed by atoms with E-state index in [1.54, 1.807) is 0 Å². The van der Waals surface area contributed by atoms with Gasteiger partial charge in [0.15, 0.2) is 0 Å². The van der Waals surface area contributed by atoms with E-state index in [4.69, 9.17) is 4.74 Å². The van der Waals surface area contributed by atoms with Crippen LogP contribution in [0.25, 0.3) is 0 Å². The normalized spacial score (nSPS) is 19.9. The fourth-order valence-electron chi connectivity index (χ4n) is 1.28. The number of quaternary nitrogens is 1. The topological polar surface area (TPSA) is 42.8 Å². The monoisotopic (exact) mass is 187 g/mol. The second-order valence-corrected chi connectivity index (χ2v) is 4.36. The van der Waals surface area contributed by atoms with Crippen molar-refractivity contribution < 1.29 is 14.4 Å². The van der Waals surface area contributed by atoms with Crippen molar-refractivity contribution in [3.05, 3.63) is 0 Å². The fourth-order valence-corrected chi connectivity index (χ4v) is 1.28. The Morgan fingerprint density at radius 3 is 2.31 bits per heavy atom. The largest absolute Gasteiger partial charge is 0.514 e. The van der Waals surface area contributed by atoms with Crippen molar-refractivity contribution in [2.45, 2.75) is 26.4 Å². The van der Waals surface area contributed by atoms with Crippen LogP contribution in [0.15, 0.2) is 0 Å². The molecule has 1 rings (SSSR count). The highest BCUT2D eigenvalue weighted by Gasteiger charge is 2.27. The highest BCUT2D eigenvalue weighted by Crippen LogP contribution is 2.05. The summed E-state index contributed by atoms with van der Waals surface area (Å²) in [4.78, 5) is 12.5. The maximum atomic E-state index is 11.5. The summed E-state index contributed by atoms with van der Waals surface area (Å²) in [6.45, 7) is 9.14. The van der Waals surface area contributed by atoms with Crippen molar-refractivity contribution in [3.8, 4) is 0 Å². The van der Waals surface area contributed by atoms with Gasteiger partial charge in [0.2, 0.25) is 0 Å². The van der Waals surface area contributed by atoms with Crippen LogP contribution in [-0.4, -0.2) is 37.9 Å². The molecule has 1 fully saturated rings. The first-order valence-corrected chi connectivity index (χ1v) is 4.78. The number of piperazine rings is 1. The quantitative estimate of drug-likeness (QED) is 0.532. The molecule has 0 aromatic carbocycles. The molecule has 1 aliphatic rings. The molecular weight excluding hydrogens is 168 g/mol. The van der Waals surface area contributed by atoms with Crippen molar-refractivity contribution in [1.29, 1.82) is 0 Å².